The molecule has 1 aliphatic rings. The molecule has 1 aromatic rings. The lowest BCUT2D eigenvalue weighted by molar-refractivity contribution is -0.143. The molecule has 1 fully saturated rings. The number of hydrogen-bond donors (Lipinski definition) is 0. The van der Waals surface area contributed by atoms with Gasteiger partial charge >= 0.3 is 5.97 Å². The Kier molecular flexibility index (Phi) is 4.11. The number of rotatable bonds is 5. The molecule has 3 heteroatoms. The van der Waals surface area contributed by atoms with Crippen LogP contribution < -0.4 is 0 Å². The summed E-state index contributed by atoms with van der Waals surface area (Å²) >= 11 is 1.90. The Morgan fingerprint density at radius 2 is 2.18 bits per heavy atom. The van der Waals surface area contributed by atoms with Crippen LogP contribution in [0.5, 0.6) is 0 Å². The first-order chi connectivity index (χ1) is 8.22. The number of carbonyl (C=O) groups excluding carboxylic acids is 1. The number of hydrogen-bond acceptors (Lipinski definition) is 3. The van der Waals surface area contributed by atoms with Gasteiger partial charge in [0.2, 0.25) is 0 Å². The summed E-state index contributed by atoms with van der Waals surface area (Å²) in [5.41, 5.74) is 1.43. The molecule has 2 nitrogen and oxygen atoms in total. The van der Waals surface area contributed by atoms with Gasteiger partial charge in [0.05, 0.1) is 13.0 Å². The molecule has 92 valence electrons. The van der Waals surface area contributed by atoms with Crippen LogP contribution in [-0.4, -0.2) is 24.1 Å². The van der Waals surface area contributed by atoms with Crippen molar-refractivity contribution in [2.24, 2.45) is 5.92 Å². The molecule has 0 N–H and O–H groups in total. The van der Waals surface area contributed by atoms with E-state index >= 15 is 0 Å². The summed E-state index contributed by atoms with van der Waals surface area (Å²) in [4.78, 5) is 11.3. The maximum Gasteiger partial charge on any atom is 0.309 e. The normalized spacial score (nSPS) is 24.1. The summed E-state index contributed by atoms with van der Waals surface area (Å²) in [6.45, 7) is 1.93. The fraction of sp³-hybridized carbons (Fsp3) is 0.500. The molecule has 0 radical (unpaired) electrons. The molecule has 1 aromatic carbocycles. The van der Waals surface area contributed by atoms with Crippen molar-refractivity contribution in [2.75, 3.05) is 12.9 Å². The molecular formula is C14H18O2S. The van der Waals surface area contributed by atoms with Crippen LogP contribution in [0.4, 0.5) is 0 Å². The Labute approximate surface area is 107 Å². The predicted octanol–water partition coefficient (Wildman–Crippen LogP) is 3.08. The molecule has 0 aromatic heterocycles. The largest absolute Gasteiger partial charge is 0.469 e. The number of methoxy groups -OCH3 is 1. The van der Waals surface area contributed by atoms with Crippen LogP contribution >= 0.6 is 11.8 Å². The van der Waals surface area contributed by atoms with Crippen LogP contribution in [0.2, 0.25) is 0 Å². The van der Waals surface area contributed by atoms with Gasteiger partial charge in [0.25, 0.3) is 0 Å². The van der Waals surface area contributed by atoms with Crippen molar-refractivity contribution in [3.63, 3.8) is 0 Å². The molecule has 3 atom stereocenters. The number of ether oxygens (including phenoxy) is 1. The summed E-state index contributed by atoms with van der Waals surface area (Å²) in [6, 6.07) is 10.6. The van der Waals surface area contributed by atoms with Gasteiger partial charge < -0.3 is 4.74 Å². The van der Waals surface area contributed by atoms with Gasteiger partial charge in [-0.15, -0.1) is 0 Å². The highest BCUT2D eigenvalue weighted by atomic mass is 32.2. The van der Waals surface area contributed by atoms with E-state index in [1.54, 1.807) is 0 Å². The van der Waals surface area contributed by atoms with E-state index in [9.17, 15) is 4.79 Å². The zero-order valence-electron chi connectivity index (χ0n) is 10.3. The van der Waals surface area contributed by atoms with E-state index in [4.69, 9.17) is 4.74 Å². The Hall–Kier alpha value is -0.960. The fourth-order valence-electron chi connectivity index (χ4n) is 1.94. The van der Waals surface area contributed by atoms with E-state index in [2.05, 4.69) is 24.3 Å². The predicted molar refractivity (Wildman–Crippen MR) is 71.2 cm³/mol. The summed E-state index contributed by atoms with van der Waals surface area (Å²) in [5, 5.41) is 0.685. The molecule has 0 bridgehead atoms. The van der Waals surface area contributed by atoms with E-state index in [1.807, 2.05) is 24.8 Å². The van der Waals surface area contributed by atoms with Crippen molar-refractivity contribution in [3.05, 3.63) is 35.9 Å². The Balaban J connectivity index is 1.76. The van der Waals surface area contributed by atoms with Crippen LogP contribution in [0.25, 0.3) is 0 Å². The zero-order chi connectivity index (χ0) is 12.3. The second-order valence-corrected chi connectivity index (χ2v) is 5.82. The van der Waals surface area contributed by atoms with Gasteiger partial charge in [-0.3, -0.25) is 4.79 Å². The first-order valence-electron chi connectivity index (χ1n) is 5.96. The van der Waals surface area contributed by atoms with E-state index in [0.29, 0.717) is 11.2 Å². The lowest BCUT2D eigenvalue weighted by atomic mass is 10.1. The maximum atomic E-state index is 11.3. The SMILES string of the molecule is COC(=O)C(C)CSC1CC1c1ccccc1. The van der Waals surface area contributed by atoms with Gasteiger partial charge in [-0.05, 0) is 17.9 Å². The Morgan fingerprint density at radius 1 is 1.47 bits per heavy atom. The lowest BCUT2D eigenvalue weighted by Gasteiger charge is -2.08. The minimum atomic E-state index is -0.102. The molecule has 1 aliphatic carbocycles. The van der Waals surface area contributed by atoms with Gasteiger partial charge in [0.1, 0.15) is 0 Å². The van der Waals surface area contributed by atoms with Crippen molar-refractivity contribution in [2.45, 2.75) is 24.5 Å². The number of esters is 1. The molecule has 3 unspecified atom stereocenters. The van der Waals surface area contributed by atoms with E-state index in [1.165, 1.54) is 19.1 Å². The van der Waals surface area contributed by atoms with Gasteiger partial charge in [-0.25, -0.2) is 0 Å². The van der Waals surface area contributed by atoms with E-state index < -0.39 is 0 Å². The molecule has 17 heavy (non-hydrogen) atoms. The van der Waals surface area contributed by atoms with Crippen LogP contribution in [0, 0.1) is 5.92 Å². The summed E-state index contributed by atoms with van der Waals surface area (Å²) in [7, 11) is 1.45. The molecule has 0 amide bonds. The van der Waals surface area contributed by atoms with Crippen molar-refractivity contribution < 1.29 is 9.53 Å². The Bertz CT molecular complexity index is 377. The average Bonchev–Trinajstić information content (AvgIpc) is 3.15. The summed E-state index contributed by atoms with van der Waals surface area (Å²) in [6.07, 6.45) is 1.24. The standard InChI is InChI=1S/C14H18O2S/c1-10(14(15)16-2)9-17-13-8-12(13)11-6-4-3-5-7-11/h3-7,10,12-13H,8-9H2,1-2H3. The monoisotopic (exact) mass is 250 g/mol. The molecule has 0 aliphatic heterocycles. The third-order valence-corrected chi connectivity index (χ3v) is 4.77. The number of benzene rings is 1. The van der Waals surface area contributed by atoms with Crippen molar-refractivity contribution >= 4 is 17.7 Å². The molecule has 0 spiro atoms. The van der Waals surface area contributed by atoms with Crippen molar-refractivity contribution in [1.29, 1.82) is 0 Å². The second-order valence-electron chi connectivity index (χ2n) is 4.55. The number of thioether (sulfide) groups is 1. The quantitative estimate of drug-likeness (QED) is 0.751. The summed E-state index contributed by atoms with van der Waals surface area (Å²) in [5.74, 6) is 1.45. The third kappa shape index (κ3) is 3.25. The first-order valence-corrected chi connectivity index (χ1v) is 7.01. The lowest BCUT2D eigenvalue weighted by Crippen LogP contribution is -2.15. The third-order valence-electron chi connectivity index (χ3n) is 3.12. The van der Waals surface area contributed by atoms with Crippen LogP contribution in [0.15, 0.2) is 30.3 Å². The van der Waals surface area contributed by atoms with Gasteiger partial charge in [-0.1, -0.05) is 37.3 Å². The average molecular weight is 250 g/mol. The smallest absolute Gasteiger partial charge is 0.309 e. The van der Waals surface area contributed by atoms with Crippen LogP contribution in [-0.2, 0) is 9.53 Å². The van der Waals surface area contributed by atoms with Crippen molar-refractivity contribution in [3.8, 4) is 0 Å². The van der Waals surface area contributed by atoms with Gasteiger partial charge in [0.15, 0.2) is 0 Å². The van der Waals surface area contributed by atoms with E-state index in [0.717, 1.165) is 5.75 Å². The van der Waals surface area contributed by atoms with Crippen LogP contribution in [0.3, 0.4) is 0 Å². The minimum absolute atomic E-state index is 0.00187. The highest BCUT2D eigenvalue weighted by Crippen LogP contribution is 2.49. The van der Waals surface area contributed by atoms with E-state index in [-0.39, 0.29) is 11.9 Å². The maximum absolute atomic E-state index is 11.3. The van der Waals surface area contributed by atoms with Gasteiger partial charge in [-0.2, -0.15) is 11.8 Å². The highest BCUT2D eigenvalue weighted by Gasteiger charge is 2.38. The molecular weight excluding hydrogens is 232 g/mol. The molecule has 2 rings (SSSR count). The van der Waals surface area contributed by atoms with Crippen LogP contribution in [0.1, 0.15) is 24.8 Å². The second kappa shape index (κ2) is 5.58. The molecule has 1 saturated carbocycles. The topological polar surface area (TPSA) is 26.3 Å². The summed E-state index contributed by atoms with van der Waals surface area (Å²) < 4.78 is 4.72. The van der Waals surface area contributed by atoms with Crippen molar-refractivity contribution in [1.82, 2.24) is 0 Å². The molecule has 0 heterocycles. The van der Waals surface area contributed by atoms with Gasteiger partial charge in [0, 0.05) is 11.0 Å². The zero-order valence-corrected chi connectivity index (χ0v) is 11.1. The number of carbonyl (C=O) groups is 1. The Morgan fingerprint density at radius 3 is 2.82 bits per heavy atom. The highest BCUT2D eigenvalue weighted by molar-refractivity contribution is 8.00. The fourth-order valence-corrected chi connectivity index (χ4v) is 3.35. The minimum Gasteiger partial charge on any atom is -0.469 e. The molecule has 0 saturated heterocycles. The first kappa shape index (κ1) is 12.5.